The minimum Gasteiger partial charge on any atom is -0.312 e. The van der Waals surface area contributed by atoms with E-state index >= 15 is 0 Å². The Morgan fingerprint density at radius 1 is 1.17 bits per heavy atom. The van der Waals surface area contributed by atoms with Crippen LogP contribution in [0.4, 0.5) is 0 Å². The second-order valence-corrected chi connectivity index (χ2v) is 4.87. The van der Waals surface area contributed by atoms with Gasteiger partial charge in [-0.2, -0.15) is 0 Å². The number of hydrogen-bond acceptors (Lipinski definition) is 3. The van der Waals surface area contributed by atoms with E-state index < -0.39 is 0 Å². The molecule has 0 aliphatic heterocycles. The van der Waals surface area contributed by atoms with E-state index in [1.165, 1.54) is 50.6 Å². The Balaban J connectivity index is 2.29. The molecule has 4 nitrogen and oxygen atoms in total. The van der Waals surface area contributed by atoms with Gasteiger partial charge >= 0.3 is 0 Å². The molecule has 0 fully saturated rings. The standard InChI is InChI=1S/C14H28N4/c1-4-6-7-8-9-10-11-13(15-3)14-12-16-17-18(14)5-2/h12-13,15H,4-11H2,1-3H3. The van der Waals surface area contributed by atoms with Gasteiger partial charge in [-0.25, -0.2) is 4.68 Å². The van der Waals surface area contributed by atoms with Crippen molar-refractivity contribution in [3.05, 3.63) is 11.9 Å². The van der Waals surface area contributed by atoms with Crippen molar-refractivity contribution in [1.29, 1.82) is 0 Å². The summed E-state index contributed by atoms with van der Waals surface area (Å²) in [7, 11) is 2.02. The lowest BCUT2D eigenvalue weighted by atomic mass is 10.0. The first kappa shape index (κ1) is 15.2. The zero-order valence-electron chi connectivity index (χ0n) is 12.2. The lowest BCUT2D eigenvalue weighted by Crippen LogP contribution is -2.20. The Kier molecular flexibility index (Phi) is 7.65. The molecule has 1 heterocycles. The SMILES string of the molecule is CCCCCCCCC(NC)c1cnnn1CC. The summed E-state index contributed by atoms with van der Waals surface area (Å²) in [6, 6.07) is 0.395. The third kappa shape index (κ3) is 4.77. The van der Waals surface area contributed by atoms with Crippen molar-refractivity contribution in [3.8, 4) is 0 Å². The Bertz CT molecular complexity index is 308. The fourth-order valence-corrected chi connectivity index (χ4v) is 2.35. The molecule has 0 spiro atoms. The van der Waals surface area contributed by atoms with Gasteiger partial charge in [0.2, 0.25) is 0 Å². The normalized spacial score (nSPS) is 12.8. The first-order chi connectivity index (χ1) is 8.83. The zero-order chi connectivity index (χ0) is 13.2. The maximum Gasteiger partial charge on any atom is 0.0756 e. The van der Waals surface area contributed by atoms with Crippen molar-refractivity contribution in [2.75, 3.05) is 7.05 Å². The third-order valence-electron chi connectivity index (χ3n) is 3.50. The highest BCUT2D eigenvalue weighted by Crippen LogP contribution is 2.19. The van der Waals surface area contributed by atoms with Gasteiger partial charge in [-0.3, -0.25) is 0 Å². The fraction of sp³-hybridized carbons (Fsp3) is 0.857. The van der Waals surface area contributed by atoms with Crippen LogP contribution in [0.1, 0.15) is 70.5 Å². The van der Waals surface area contributed by atoms with Crippen LogP contribution in [0.3, 0.4) is 0 Å². The number of nitrogens with one attached hydrogen (secondary N) is 1. The van der Waals surface area contributed by atoms with Crippen LogP contribution in [-0.4, -0.2) is 22.0 Å². The molecule has 0 saturated heterocycles. The molecule has 0 aromatic carbocycles. The van der Waals surface area contributed by atoms with Gasteiger partial charge in [-0.15, -0.1) is 5.10 Å². The summed E-state index contributed by atoms with van der Waals surface area (Å²) in [6.07, 6.45) is 11.1. The second-order valence-electron chi connectivity index (χ2n) is 4.87. The molecule has 18 heavy (non-hydrogen) atoms. The molecular weight excluding hydrogens is 224 g/mol. The fourth-order valence-electron chi connectivity index (χ4n) is 2.35. The van der Waals surface area contributed by atoms with E-state index in [-0.39, 0.29) is 0 Å². The van der Waals surface area contributed by atoms with Crippen LogP contribution in [0.15, 0.2) is 6.20 Å². The number of aromatic nitrogens is 3. The second kappa shape index (κ2) is 9.09. The summed E-state index contributed by atoms with van der Waals surface area (Å²) in [6.45, 7) is 5.26. The molecule has 1 rings (SSSR count). The summed E-state index contributed by atoms with van der Waals surface area (Å²) < 4.78 is 1.98. The van der Waals surface area contributed by atoms with Crippen LogP contribution in [0.2, 0.25) is 0 Å². The first-order valence-corrected chi connectivity index (χ1v) is 7.39. The summed E-state index contributed by atoms with van der Waals surface area (Å²) in [5, 5.41) is 11.5. The molecule has 0 radical (unpaired) electrons. The molecule has 1 aromatic heterocycles. The van der Waals surface area contributed by atoms with E-state index in [2.05, 4.69) is 29.5 Å². The molecule has 1 aromatic rings. The predicted molar refractivity (Wildman–Crippen MR) is 75.5 cm³/mol. The highest BCUT2D eigenvalue weighted by Gasteiger charge is 2.13. The van der Waals surface area contributed by atoms with Crippen molar-refractivity contribution in [3.63, 3.8) is 0 Å². The van der Waals surface area contributed by atoms with Crippen molar-refractivity contribution in [1.82, 2.24) is 20.3 Å². The number of nitrogens with zero attached hydrogens (tertiary/aromatic N) is 3. The monoisotopic (exact) mass is 252 g/mol. The van der Waals surface area contributed by atoms with Crippen LogP contribution in [0, 0.1) is 0 Å². The smallest absolute Gasteiger partial charge is 0.0756 e. The van der Waals surface area contributed by atoms with Gasteiger partial charge in [0.1, 0.15) is 0 Å². The molecule has 0 aliphatic carbocycles. The summed E-state index contributed by atoms with van der Waals surface area (Å²) in [5.41, 5.74) is 1.22. The molecule has 0 saturated carbocycles. The van der Waals surface area contributed by atoms with Gasteiger partial charge in [0.15, 0.2) is 0 Å². The van der Waals surface area contributed by atoms with Crippen LogP contribution in [0.5, 0.6) is 0 Å². The Morgan fingerprint density at radius 2 is 1.89 bits per heavy atom. The molecule has 0 bridgehead atoms. The van der Waals surface area contributed by atoms with Gasteiger partial charge in [0.05, 0.1) is 17.9 Å². The summed E-state index contributed by atoms with van der Waals surface area (Å²) in [4.78, 5) is 0. The first-order valence-electron chi connectivity index (χ1n) is 7.39. The van der Waals surface area contributed by atoms with E-state index in [1.807, 2.05) is 17.9 Å². The van der Waals surface area contributed by atoms with Gasteiger partial charge in [-0.1, -0.05) is 50.7 Å². The van der Waals surface area contributed by atoms with Crippen molar-refractivity contribution in [2.24, 2.45) is 0 Å². The molecule has 4 heteroatoms. The topological polar surface area (TPSA) is 42.7 Å². The molecule has 1 unspecified atom stereocenters. The molecular formula is C14H28N4. The summed E-state index contributed by atoms with van der Waals surface area (Å²) in [5.74, 6) is 0. The van der Waals surface area contributed by atoms with E-state index in [4.69, 9.17) is 0 Å². The minimum atomic E-state index is 0.395. The van der Waals surface area contributed by atoms with E-state index in [0.717, 1.165) is 6.54 Å². The quantitative estimate of drug-likeness (QED) is 0.650. The summed E-state index contributed by atoms with van der Waals surface area (Å²) >= 11 is 0. The average molecular weight is 252 g/mol. The average Bonchev–Trinajstić information content (AvgIpc) is 2.86. The number of rotatable bonds is 10. The van der Waals surface area contributed by atoms with E-state index in [0.29, 0.717) is 6.04 Å². The zero-order valence-corrected chi connectivity index (χ0v) is 12.2. The van der Waals surface area contributed by atoms with E-state index in [9.17, 15) is 0 Å². The van der Waals surface area contributed by atoms with Gasteiger partial charge in [0.25, 0.3) is 0 Å². The number of hydrogen-bond donors (Lipinski definition) is 1. The predicted octanol–water partition coefficient (Wildman–Crippen LogP) is 3.31. The lowest BCUT2D eigenvalue weighted by molar-refractivity contribution is 0.459. The highest BCUT2D eigenvalue weighted by molar-refractivity contribution is 5.01. The molecule has 1 atom stereocenters. The number of unbranched alkanes of at least 4 members (excludes halogenated alkanes) is 5. The lowest BCUT2D eigenvalue weighted by Gasteiger charge is -2.16. The minimum absolute atomic E-state index is 0.395. The Hall–Kier alpha value is -0.900. The largest absolute Gasteiger partial charge is 0.312 e. The maximum absolute atomic E-state index is 4.10. The van der Waals surface area contributed by atoms with Gasteiger partial charge < -0.3 is 5.32 Å². The van der Waals surface area contributed by atoms with Crippen molar-refractivity contribution < 1.29 is 0 Å². The van der Waals surface area contributed by atoms with Crippen LogP contribution in [-0.2, 0) is 6.54 Å². The van der Waals surface area contributed by atoms with Crippen molar-refractivity contribution >= 4 is 0 Å². The Labute approximate surface area is 111 Å². The van der Waals surface area contributed by atoms with Gasteiger partial charge in [-0.05, 0) is 20.4 Å². The molecule has 1 N–H and O–H groups in total. The van der Waals surface area contributed by atoms with E-state index in [1.54, 1.807) is 0 Å². The number of aryl methyl sites for hydroxylation is 1. The maximum atomic E-state index is 4.10. The van der Waals surface area contributed by atoms with Gasteiger partial charge in [0, 0.05) is 6.54 Å². The highest BCUT2D eigenvalue weighted by atomic mass is 15.4. The van der Waals surface area contributed by atoms with Crippen molar-refractivity contribution in [2.45, 2.75) is 71.4 Å². The Morgan fingerprint density at radius 3 is 2.56 bits per heavy atom. The van der Waals surface area contributed by atoms with Crippen LogP contribution >= 0.6 is 0 Å². The van der Waals surface area contributed by atoms with Crippen LogP contribution < -0.4 is 5.32 Å². The third-order valence-corrected chi connectivity index (χ3v) is 3.50. The van der Waals surface area contributed by atoms with Crippen LogP contribution in [0.25, 0.3) is 0 Å². The molecule has 0 amide bonds. The molecule has 104 valence electrons. The molecule has 0 aliphatic rings.